The van der Waals surface area contributed by atoms with Crippen molar-refractivity contribution < 1.29 is 14.1 Å². The van der Waals surface area contributed by atoms with Gasteiger partial charge in [0.05, 0.1) is 17.2 Å². The first kappa shape index (κ1) is 14.3. The van der Waals surface area contributed by atoms with Gasteiger partial charge in [0.2, 0.25) is 0 Å². The summed E-state index contributed by atoms with van der Waals surface area (Å²) in [6.45, 7) is 0.0168. The highest BCUT2D eigenvalue weighted by atomic mass is 19.1. The molecule has 2 aromatic rings. The minimum Gasteiger partial charge on any atom is -0.392 e. The Morgan fingerprint density at radius 1 is 1.43 bits per heavy atom. The minimum atomic E-state index is -0.932. The lowest BCUT2D eigenvalue weighted by Crippen LogP contribution is -2.25. The smallest absolute Gasteiger partial charge is 0.293 e. The lowest BCUT2D eigenvalue weighted by Gasteiger charge is -2.08. The van der Waals surface area contributed by atoms with E-state index in [4.69, 9.17) is 5.73 Å². The third kappa shape index (κ3) is 3.08. The monoisotopic (exact) mass is 291 g/mol. The molecule has 0 spiro atoms. The number of hydrogen-bond acceptors (Lipinski definition) is 6. The van der Waals surface area contributed by atoms with Crippen LogP contribution in [0.1, 0.15) is 16.1 Å². The molecule has 0 fully saturated rings. The van der Waals surface area contributed by atoms with Crippen LogP contribution in [-0.4, -0.2) is 20.8 Å². The van der Waals surface area contributed by atoms with Gasteiger partial charge in [-0.05, 0) is 12.1 Å². The lowest BCUT2D eigenvalue weighted by molar-refractivity contribution is -0.384. The van der Waals surface area contributed by atoms with Crippen LogP contribution in [0.25, 0.3) is 0 Å². The maximum absolute atomic E-state index is 13.7. The Kier molecular flexibility index (Phi) is 4.02. The fraction of sp³-hybridized carbons (Fsp3) is 0.0833. The molecule has 1 amide bonds. The molecule has 8 nitrogen and oxygen atoms in total. The Labute approximate surface area is 118 Å². The van der Waals surface area contributed by atoms with Gasteiger partial charge in [-0.15, -0.1) is 0 Å². The Hall–Kier alpha value is -3.10. The summed E-state index contributed by atoms with van der Waals surface area (Å²) in [5, 5.41) is 13.1. The number of nitro groups is 1. The Balaban J connectivity index is 2.23. The molecule has 3 N–H and O–H groups in total. The molecule has 0 aliphatic carbocycles. The van der Waals surface area contributed by atoms with Gasteiger partial charge >= 0.3 is 0 Å². The number of amides is 1. The van der Waals surface area contributed by atoms with E-state index in [-0.39, 0.29) is 6.54 Å². The summed E-state index contributed by atoms with van der Waals surface area (Å²) in [6, 6.07) is 3.30. The zero-order valence-corrected chi connectivity index (χ0v) is 10.6. The summed E-state index contributed by atoms with van der Waals surface area (Å²) in [5.41, 5.74) is 4.39. The van der Waals surface area contributed by atoms with Crippen molar-refractivity contribution in [2.24, 2.45) is 0 Å². The number of aromatic nitrogens is 2. The molecule has 0 unspecified atom stereocenters. The van der Waals surface area contributed by atoms with E-state index in [1.165, 1.54) is 12.5 Å². The fourth-order valence-electron chi connectivity index (χ4n) is 1.65. The Morgan fingerprint density at radius 3 is 2.81 bits per heavy atom. The maximum atomic E-state index is 13.7. The molecule has 0 saturated heterocycles. The lowest BCUT2D eigenvalue weighted by atomic mass is 10.1. The minimum absolute atomic E-state index is 0.0168. The second-order valence-electron chi connectivity index (χ2n) is 4.00. The zero-order chi connectivity index (χ0) is 15.4. The van der Waals surface area contributed by atoms with E-state index in [0.29, 0.717) is 5.69 Å². The number of nitrogens with two attached hydrogens (primary N) is 1. The molecule has 9 heteroatoms. The number of halogens is 1. The van der Waals surface area contributed by atoms with E-state index in [0.717, 1.165) is 12.1 Å². The summed E-state index contributed by atoms with van der Waals surface area (Å²) in [5.74, 6) is -1.79. The predicted octanol–water partition coefficient (Wildman–Crippen LogP) is 1.04. The molecule has 0 aliphatic heterocycles. The van der Waals surface area contributed by atoms with E-state index in [1.54, 1.807) is 6.07 Å². The number of benzene rings is 1. The van der Waals surface area contributed by atoms with Crippen molar-refractivity contribution >= 4 is 17.3 Å². The van der Waals surface area contributed by atoms with Gasteiger partial charge < -0.3 is 11.1 Å². The highest BCUT2D eigenvalue weighted by molar-refractivity contribution is 6.01. The summed E-state index contributed by atoms with van der Waals surface area (Å²) in [7, 11) is 0. The van der Waals surface area contributed by atoms with Crippen LogP contribution in [0, 0.1) is 15.9 Å². The van der Waals surface area contributed by atoms with Crippen molar-refractivity contribution in [3.63, 3.8) is 0 Å². The predicted molar refractivity (Wildman–Crippen MR) is 70.7 cm³/mol. The number of anilines is 1. The molecule has 1 heterocycles. The van der Waals surface area contributed by atoms with Crippen molar-refractivity contribution in [1.29, 1.82) is 0 Å². The number of nitrogens with zero attached hydrogens (tertiary/aromatic N) is 3. The molecule has 108 valence electrons. The number of rotatable bonds is 4. The first-order valence-electron chi connectivity index (χ1n) is 5.76. The van der Waals surface area contributed by atoms with Crippen LogP contribution in [-0.2, 0) is 6.54 Å². The van der Waals surface area contributed by atoms with Crippen LogP contribution in [0.2, 0.25) is 0 Å². The Morgan fingerprint density at radius 2 is 2.19 bits per heavy atom. The summed E-state index contributed by atoms with van der Waals surface area (Å²) in [6.07, 6.45) is 2.78. The third-order valence-corrected chi connectivity index (χ3v) is 2.67. The van der Waals surface area contributed by atoms with E-state index >= 15 is 0 Å². The average Bonchev–Trinajstić information content (AvgIpc) is 2.46. The van der Waals surface area contributed by atoms with Crippen LogP contribution in [0.5, 0.6) is 0 Å². The molecule has 2 rings (SSSR count). The molecular formula is C12H10FN5O3. The standard InChI is InChI=1S/C12H10FN5O3/c13-8-1-2-9(18(20)21)11(14)10(8)12(19)16-5-7-3-4-15-6-17-7/h1-4,6H,5,14H2,(H,16,19). The number of hydrogen-bond donors (Lipinski definition) is 2. The maximum Gasteiger partial charge on any atom is 0.293 e. The zero-order valence-electron chi connectivity index (χ0n) is 10.6. The van der Waals surface area contributed by atoms with Gasteiger partial charge in [0.25, 0.3) is 11.6 Å². The summed E-state index contributed by atoms with van der Waals surface area (Å²) >= 11 is 0. The highest BCUT2D eigenvalue weighted by Crippen LogP contribution is 2.27. The quantitative estimate of drug-likeness (QED) is 0.492. The second kappa shape index (κ2) is 5.90. The molecule has 0 radical (unpaired) electrons. The van der Waals surface area contributed by atoms with Crippen molar-refractivity contribution in [3.8, 4) is 0 Å². The van der Waals surface area contributed by atoms with Crippen LogP contribution >= 0.6 is 0 Å². The highest BCUT2D eigenvalue weighted by Gasteiger charge is 2.23. The largest absolute Gasteiger partial charge is 0.392 e. The summed E-state index contributed by atoms with van der Waals surface area (Å²) in [4.78, 5) is 29.5. The molecule has 0 bridgehead atoms. The summed E-state index contributed by atoms with van der Waals surface area (Å²) < 4.78 is 13.7. The van der Waals surface area contributed by atoms with Crippen molar-refractivity contribution in [2.75, 3.05) is 5.73 Å². The van der Waals surface area contributed by atoms with Gasteiger partial charge in [-0.1, -0.05) is 0 Å². The van der Waals surface area contributed by atoms with Crippen LogP contribution < -0.4 is 11.1 Å². The molecule has 0 atom stereocenters. The van der Waals surface area contributed by atoms with E-state index in [1.807, 2.05) is 0 Å². The second-order valence-corrected chi connectivity index (χ2v) is 4.00. The molecule has 0 aliphatic rings. The first-order valence-corrected chi connectivity index (χ1v) is 5.76. The van der Waals surface area contributed by atoms with Gasteiger partial charge in [0.1, 0.15) is 23.4 Å². The first-order chi connectivity index (χ1) is 10.0. The number of nitrogen functional groups attached to an aromatic ring is 1. The molecular weight excluding hydrogens is 281 g/mol. The average molecular weight is 291 g/mol. The number of nitro benzene ring substituents is 1. The molecule has 0 saturated carbocycles. The fourth-order valence-corrected chi connectivity index (χ4v) is 1.65. The Bertz CT molecular complexity index is 693. The van der Waals surface area contributed by atoms with Crippen molar-refractivity contribution in [1.82, 2.24) is 15.3 Å². The van der Waals surface area contributed by atoms with Gasteiger partial charge in [-0.25, -0.2) is 14.4 Å². The number of nitrogens with one attached hydrogen (secondary N) is 1. The topological polar surface area (TPSA) is 124 Å². The third-order valence-electron chi connectivity index (χ3n) is 2.67. The SMILES string of the molecule is Nc1c([N+](=O)[O-])ccc(F)c1C(=O)NCc1ccncn1. The molecule has 1 aromatic heterocycles. The normalized spacial score (nSPS) is 10.1. The van der Waals surface area contributed by atoms with Gasteiger partial charge in [-0.2, -0.15) is 0 Å². The van der Waals surface area contributed by atoms with E-state index < -0.39 is 33.6 Å². The van der Waals surface area contributed by atoms with Crippen molar-refractivity contribution in [2.45, 2.75) is 6.54 Å². The van der Waals surface area contributed by atoms with Gasteiger partial charge in [0.15, 0.2) is 0 Å². The van der Waals surface area contributed by atoms with Gasteiger partial charge in [-0.3, -0.25) is 14.9 Å². The van der Waals surface area contributed by atoms with E-state index in [9.17, 15) is 19.3 Å². The van der Waals surface area contributed by atoms with Gasteiger partial charge in [0, 0.05) is 12.3 Å². The van der Waals surface area contributed by atoms with E-state index in [2.05, 4.69) is 15.3 Å². The molecule has 1 aromatic carbocycles. The molecule has 21 heavy (non-hydrogen) atoms. The van der Waals surface area contributed by atoms with Crippen LogP contribution in [0.15, 0.2) is 30.7 Å². The van der Waals surface area contributed by atoms with Crippen LogP contribution in [0.3, 0.4) is 0 Å². The number of carbonyl (C=O) groups excluding carboxylic acids is 1. The van der Waals surface area contributed by atoms with Crippen LogP contribution in [0.4, 0.5) is 15.8 Å². The van der Waals surface area contributed by atoms with Crippen molar-refractivity contribution in [3.05, 3.63) is 57.9 Å². The number of carbonyl (C=O) groups is 1.